The van der Waals surface area contributed by atoms with E-state index in [0.29, 0.717) is 22.5 Å². The Morgan fingerprint density at radius 3 is 1.22 bits per heavy atom. The van der Waals surface area contributed by atoms with Crippen molar-refractivity contribution in [1.29, 1.82) is 0 Å². The van der Waals surface area contributed by atoms with Crippen LogP contribution >= 0.6 is 0 Å². The molecule has 240 valence electrons. The van der Waals surface area contributed by atoms with Gasteiger partial charge in [-0.2, -0.15) is 26.3 Å². The first-order valence-electron chi connectivity index (χ1n) is 15.0. The second-order valence-corrected chi connectivity index (χ2v) is 10.9. The third-order valence-electron chi connectivity index (χ3n) is 7.58. The van der Waals surface area contributed by atoms with Gasteiger partial charge in [0.1, 0.15) is 11.4 Å². The first kappa shape index (κ1) is 32.6. The predicted octanol–water partition coefficient (Wildman–Crippen LogP) is 9.52. The standard InChI is InChI=1S/2C17H16F3N3/c2*1-2-3-5-14-6-4-7-15-16(21-22-23(14)15)12-8-10-13(11-9-12)17(18,19)20/h2*4,6-11H,2-3,5H2,1H3. The molecule has 0 saturated heterocycles. The van der Waals surface area contributed by atoms with Crippen LogP contribution in [0.1, 0.15) is 62.0 Å². The lowest BCUT2D eigenvalue weighted by atomic mass is 10.1. The van der Waals surface area contributed by atoms with E-state index in [1.807, 2.05) is 36.4 Å². The third-order valence-corrected chi connectivity index (χ3v) is 7.58. The Bertz CT molecular complexity index is 1750. The SMILES string of the molecule is CCCCc1cccc2c(-c3ccc(C(F)(F)F)cc3)nnn12.CCCCc1cccc2c(-c3ccc(C(F)(F)F)cc3)nnn12. The van der Waals surface area contributed by atoms with Crippen LogP contribution in [0.4, 0.5) is 26.3 Å². The molecule has 0 saturated carbocycles. The molecule has 0 spiro atoms. The van der Waals surface area contributed by atoms with Gasteiger partial charge in [-0.25, -0.2) is 9.03 Å². The van der Waals surface area contributed by atoms with Gasteiger partial charge in [0.05, 0.1) is 22.2 Å². The number of benzene rings is 2. The largest absolute Gasteiger partial charge is 0.416 e. The zero-order valence-corrected chi connectivity index (χ0v) is 25.3. The van der Waals surface area contributed by atoms with Crippen molar-refractivity contribution in [2.45, 2.75) is 64.7 Å². The van der Waals surface area contributed by atoms with Crippen LogP contribution in [-0.4, -0.2) is 29.7 Å². The van der Waals surface area contributed by atoms with E-state index in [0.717, 1.165) is 85.2 Å². The molecule has 6 rings (SSSR count). The summed E-state index contributed by atoms with van der Waals surface area (Å²) in [6.45, 7) is 4.24. The van der Waals surface area contributed by atoms with Gasteiger partial charge in [-0.15, -0.1) is 10.2 Å². The van der Waals surface area contributed by atoms with Crippen LogP contribution in [0.3, 0.4) is 0 Å². The summed E-state index contributed by atoms with van der Waals surface area (Å²) in [5.41, 5.74) is 4.82. The molecule has 6 nitrogen and oxygen atoms in total. The zero-order chi connectivity index (χ0) is 32.9. The minimum absolute atomic E-state index is 0.595. The second kappa shape index (κ2) is 13.7. The molecule has 0 aliphatic heterocycles. The molecule has 6 aromatic rings. The fraction of sp³-hybridized carbons (Fsp3) is 0.294. The topological polar surface area (TPSA) is 60.4 Å². The summed E-state index contributed by atoms with van der Waals surface area (Å²) in [5, 5.41) is 16.6. The van der Waals surface area contributed by atoms with E-state index in [1.54, 1.807) is 9.03 Å². The minimum atomic E-state index is -4.33. The monoisotopic (exact) mass is 638 g/mol. The highest BCUT2D eigenvalue weighted by Gasteiger charge is 2.31. The van der Waals surface area contributed by atoms with Gasteiger partial charge in [-0.1, -0.05) is 73.5 Å². The number of hydrogen-bond donors (Lipinski definition) is 0. The van der Waals surface area contributed by atoms with E-state index in [4.69, 9.17) is 0 Å². The van der Waals surface area contributed by atoms with Gasteiger partial charge in [0.2, 0.25) is 0 Å². The first-order valence-corrected chi connectivity index (χ1v) is 15.0. The van der Waals surface area contributed by atoms with Crippen LogP contribution in [0.15, 0.2) is 84.9 Å². The molecule has 0 bridgehead atoms. The van der Waals surface area contributed by atoms with Crippen LogP contribution in [-0.2, 0) is 25.2 Å². The van der Waals surface area contributed by atoms with Crippen LogP contribution < -0.4 is 0 Å². The van der Waals surface area contributed by atoms with Crippen LogP contribution in [0.5, 0.6) is 0 Å². The van der Waals surface area contributed by atoms with E-state index in [1.165, 1.54) is 24.3 Å². The van der Waals surface area contributed by atoms with Crippen molar-refractivity contribution in [3.05, 3.63) is 107 Å². The van der Waals surface area contributed by atoms with E-state index >= 15 is 0 Å². The molecule has 0 atom stereocenters. The third kappa shape index (κ3) is 7.21. The minimum Gasteiger partial charge on any atom is -0.217 e. The highest BCUT2D eigenvalue weighted by atomic mass is 19.4. The summed E-state index contributed by atoms with van der Waals surface area (Å²) in [4.78, 5) is 0. The number of aromatic nitrogens is 6. The quantitative estimate of drug-likeness (QED) is 0.156. The molecule has 46 heavy (non-hydrogen) atoms. The van der Waals surface area contributed by atoms with Crippen molar-refractivity contribution in [2.75, 3.05) is 0 Å². The Hall–Kier alpha value is -4.74. The summed E-state index contributed by atoms with van der Waals surface area (Å²) in [7, 11) is 0. The highest BCUT2D eigenvalue weighted by molar-refractivity contribution is 5.77. The lowest BCUT2D eigenvalue weighted by Crippen LogP contribution is -2.04. The molecule has 4 aromatic heterocycles. The predicted molar refractivity (Wildman–Crippen MR) is 164 cm³/mol. The average Bonchev–Trinajstić information content (AvgIpc) is 3.68. The van der Waals surface area contributed by atoms with Crippen molar-refractivity contribution in [3.8, 4) is 22.5 Å². The van der Waals surface area contributed by atoms with Crippen LogP contribution in [0, 0.1) is 0 Å². The second-order valence-electron chi connectivity index (χ2n) is 10.9. The lowest BCUT2D eigenvalue weighted by Gasteiger charge is -2.07. The molecule has 2 aromatic carbocycles. The number of pyridine rings is 2. The van der Waals surface area contributed by atoms with Crippen LogP contribution in [0.2, 0.25) is 0 Å². The maximum atomic E-state index is 12.7. The molecule has 0 aliphatic carbocycles. The van der Waals surface area contributed by atoms with E-state index in [9.17, 15) is 26.3 Å². The van der Waals surface area contributed by atoms with Crippen molar-refractivity contribution in [2.24, 2.45) is 0 Å². The molecular weight excluding hydrogens is 606 g/mol. The summed E-state index contributed by atoms with van der Waals surface area (Å²) >= 11 is 0. The molecule has 0 fully saturated rings. The molecule has 0 N–H and O–H groups in total. The smallest absolute Gasteiger partial charge is 0.217 e. The summed E-state index contributed by atoms with van der Waals surface area (Å²) < 4.78 is 79.5. The Morgan fingerprint density at radius 1 is 0.522 bits per heavy atom. The van der Waals surface area contributed by atoms with Crippen molar-refractivity contribution < 1.29 is 26.3 Å². The number of unbranched alkanes of at least 4 members (excludes halogenated alkanes) is 2. The molecule has 12 heteroatoms. The van der Waals surface area contributed by atoms with Crippen molar-refractivity contribution in [1.82, 2.24) is 29.7 Å². The number of aryl methyl sites for hydroxylation is 2. The van der Waals surface area contributed by atoms with Gasteiger partial charge in [0.15, 0.2) is 0 Å². The molecule has 0 radical (unpaired) electrons. The Kier molecular flexibility index (Phi) is 9.74. The van der Waals surface area contributed by atoms with Gasteiger partial charge >= 0.3 is 12.4 Å². The lowest BCUT2D eigenvalue weighted by molar-refractivity contribution is -0.138. The highest BCUT2D eigenvalue weighted by Crippen LogP contribution is 2.33. The van der Waals surface area contributed by atoms with E-state index < -0.39 is 23.5 Å². The number of halogens is 6. The van der Waals surface area contributed by atoms with Gasteiger partial charge in [0, 0.05) is 22.5 Å². The van der Waals surface area contributed by atoms with Gasteiger partial charge in [-0.3, -0.25) is 0 Å². The first-order chi connectivity index (χ1) is 22.0. The Morgan fingerprint density at radius 2 is 0.891 bits per heavy atom. The average molecular weight is 639 g/mol. The Labute approximate surface area is 261 Å². The maximum absolute atomic E-state index is 12.7. The van der Waals surface area contributed by atoms with Gasteiger partial charge in [0.25, 0.3) is 0 Å². The molecular formula is C34H32F6N6. The normalized spacial score (nSPS) is 12.0. The summed E-state index contributed by atoms with van der Waals surface area (Å²) in [6, 6.07) is 21.6. The fourth-order valence-corrected chi connectivity index (χ4v) is 5.08. The van der Waals surface area contributed by atoms with E-state index in [2.05, 4.69) is 34.5 Å². The van der Waals surface area contributed by atoms with Crippen LogP contribution in [0.25, 0.3) is 33.5 Å². The molecule has 0 amide bonds. The molecule has 0 unspecified atom stereocenters. The number of alkyl halides is 6. The summed E-state index contributed by atoms with van der Waals surface area (Å²) in [5.74, 6) is 0. The Balaban J connectivity index is 0.000000181. The number of hydrogen-bond acceptors (Lipinski definition) is 4. The van der Waals surface area contributed by atoms with Gasteiger partial charge < -0.3 is 0 Å². The number of nitrogens with zero attached hydrogens (tertiary/aromatic N) is 6. The van der Waals surface area contributed by atoms with Crippen molar-refractivity contribution in [3.63, 3.8) is 0 Å². The number of rotatable bonds is 8. The zero-order valence-electron chi connectivity index (χ0n) is 25.3. The van der Waals surface area contributed by atoms with Gasteiger partial charge in [-0.05, 0) is 74.2 Å². The fourth-order valence-electron chi connectivity index (χ4n) is 5.08. The number of fused-ring (bicyclic) bond motifs is 2. The molecule has 0 aliphatic rings. The molecule has 4 heterocycles. The maximum Gasteiger partial charge on any atom is 0.416 e. The summed E-state index contributed by atoms with van der Waals surface area (Å²) in [6.07, 6.45) is -2.62. The van der Waals surface area contributed by atoms with E-state index in [-0.39, 0.29) is 0 Å². The van der Waals surface area contributed by atoms with Crippen molar-refractivity contribution >= 4 is 11.0 Å².